The second-order valence-electron chi connectivity index (χ2n) is 6.20. The van der Waals surface area contributed by atoms with E-state index in [1.54, 1.807) is 19.9 Å². The van der Waals surface area contributed by atoms with Crippen LogP contribution in [0.3, 0.4) is 0 Å². The smallest absolute Gasteiger partial charge is 0.243 e. The Labute approximate surface area is 136 Å². The predicted octanol–water partition coefficient (Wildman–Crippen LogP) is 0.570. The van der Waals surface area contributed by atoms with Crippen LogP contribution in [0.25, 0.3) is 0 Å². The summed E-state index contributed by atoms with van der Waals surface area (Å²) >= 11 is 0. The minimum atomic E-state index is -3.16. The van der Waals surface area contributed by atoms with Crippen molar-refractivity contribution in [1.29, 1.82) is 0 Å². The van der Waals surface area contributed by atoms with E-state index in [0.717, 1.165) is 0 Å². The molecule has 0 saturated carbocycles. The van der Waals surface area contributed by atoms with Gasteiger partial charge in [-0.15, -0.1) is 0 Å². The maximum Gasteiger partial charge on any atom is 0.243 e. The summed E-state index contributed by atoms with van der Waals surface area (Å²) in [5.41, 5.74) is 0.697. The van der Waals surface area contributed by atoms with Crippen LogP contribution in [-0.4, -0.2) is 55.2 Å². The third-order valence-corrected chi connectivity index (χ3v) is 5.34. The maximum absolute atomic E-state index is 12.2. The van der Waals surface area contributed by atoms with Crippen molar-refractivity contribution in [3.8, 4) is 0 Å². The minimum absolute atomic E-state index is 0.0882. The van der Waals surface area contributed by atoms with Gasteiger partial charge < -0.3 is 9.84 Å². The van der Waals surface area contributed by atoms with Gasteiger partial charge in [0.25, 0.3) is 0 Å². The molecule has 1 amide bonds. The van der Waals surface area contributed by atoms with E-state index in [-0.39, 0.29) is 17.9 Å². The molecule has 1 aliphatic rings. The number of carbonyl (C=O) groups excluding carboxylic acids is 1. The molecule has 2 rings (SSSR count). The topological polar surface area (TPSA) is 105 Å². The molecule has 1 aromatic heterocycles. The summed E-state index contributed by atoms with van der Waals surface area (Å²) in [7, 11) is -3.16. The highest BCUT2D eigenvalue weighted by Gasteiger charge is 2.32. The van der Waals surface area contributed by atoms with E-state index in [0.29, 0.717) is 31.1 Å². The maximum atomic E-state index is 12.2. The highest BCUT2D eigenvalue weighted by molar-refractivity contribution is 7.88. The number of nitrogens with one attached hydrogen (secondary N) is 2. The summed E-state index contributed by atoms with van der Waals surface area (Å²) in [6.07, 6.45) is 1.90. The second-order valence-corrected chi connectivity index (χ2v) is 8.19. The first-order valence-electron chi connectivity index (χ1n) is 7.62. The van der Waals surface area contributed by atoms with Crippen molar-refractivity contribution < 1.29 is 17.7 Å². The minimum Gasteiger partial charge on any atom is -0.338 e. The molecule has 2 heterocycles. The average Bonchev–Trinajstić information content (AvgIpc) is 2.85. The fraction of sp³-hybridized carbons (Fsp3) is 0.714. The lowest BCUT2D eigenvalue weighted by molar-refractivity contribution is -0.118. The first-order valence-corrected chi connectivity index (χ1v) is 9.47. The van der Waals surface area contributed by atoms with Gasteiger partial charge in [0.15, 0.2) is 0 Å². The van der Waals surface area contributed by atoms with E-state index in [2.05, 4.69) is 15.8 Å². The van der Waals surface area contributed by atoms with Crippen LogP contribution in [0.15, 0.2) is 10.6 Å². The highest BCUT2D eigenvalue weighted by atomic mass is 32.2. The summed E-state index contributed by atoms with van der Waals surface area (Å²) in [4.78, 5) is 12.2. The molecule has 0 spiro atoms. The summed E-state index contributed by atoms with van der Waals surface area (Å²) in [6.45, 7) is 6.47. The van der Waals surface area contributed by atoms with Crippen LogP contribution >= 0.6 is 0 Å². The molecule has 1 saturated heterocycles. The number of hydrogen-bond acceptors (Lipinski definition) is 6. The van der Waals surface area contributed by atoms with Crippen LogP contribution in [0, 0.1) is 12.8 Å². The largest absolute Gasteiger partial charge is 0.338 e. The van der Waals surface area contributed by atoms with Gasteiger partial charge in [0.05, 0.1) is 18.0 Å². The Bertz CT molecular complexity index is 657. The summed E-state index contributed by atoms with van der Waals surface area (Å²) < 4.78 is 29.6. The van der Waals surface area contributed by atoms with Crippen LogP contribution in [-0.2, 0) is 14.8 Å². The van der Waals surface area contributed by atoms with Crippen LogP contribution in [0.4, 0.5) is 5.88 Å². The van der Waals surface area contributed by atoms with Crippen LogP contribution in [0.5, 0.6) is 0 Å². The van der Waals surface area contributed by atoms with E-state index in [9.17, 15) is 13.2 Å². The Morgan fingerprint density at radius 1 is 1.52 bits per heavy atom. The van der Waals surface area contributed by atoms with Gasteiger partial charge in [-0.1, -0.05) is 12.1 Å². The molecule has 1 aliphatic heterocycles. The molecular weight excluding hydrogens is 320 g/mol. The Kier molecular flexibility index (Phi) is 5.43. The zero-order valence-corrected chi connectivity index (χ0v) is 14.7. The van der Waals surface area contributed by atoms with Gasteiger partial charge in [0, 0.05) is 25.2 Å². The molecule has 3 atom stereocenters. The third-order valence-electron chi connectivity index (χ3n) is 4.07. The Morgan fingerprint density at radius 2 is 2.22 bits per heavy atom. The van der Waals surface area contributed by atoms with Crippen LogP contribution in [0.2, 0.25) is 0 Å². The molecule has 1 aromatic rings. The zero-order chi connectivity index (χ0) is 17.2. The monoisotopic (exact) mass is 344 g/mol. The Balaban J connectivity index is 1.88. The number of rotatable bonds is 5. The fourth-order valence-electron chi connectivity index (χ4n) is 2.71. The van der Waals surface area contributed by atoms with E-state index in [1.165, 1.54) is 10.6 Å². The van der Waals surface area contributed by atoms with Crippen molar-refractivity contribution in [2.45, 2.75) is 39.3 Å². The van der Waals surface area contributed by atoms with Crippen molar-refractivity contribution in [2.75, 3.05) is 24.7 Å². The van der Waals surface area contributed by atoms with Crippen molar-refractivity contribution in [3.63, 3.8) is 0 Å². The van der Waals surface area contributed by atoms with Gasteiger partial charge in [-0.2, -0.15) is 0 Å². The van der Waals surface area contributed by atoms with E-state index >= 15 is 0 Å². The van der Waals surface area contributed by atoms with Crippen molar-refractivity contribution in [2.24, 2.45) is 5.92 Å². The number of anilines is 1. The lowest BCUT2D eigenvalue weighted by atomic mass is 9.94. The van der Waals surface area contributed by atoms with Crippen LogP contribution in [0.1, 0.15) is 26.0 Å². The van der Waals surface area contributed by atoms with Gasteiger partial charge >= 0.3 is 0 Å². The average molecular weight is 344 g/mol. The number of nitrogens with zero attached hydrogens (tertiary/aromatic N) is 2. The lowest BCUT2D eigenvalue weighted by Gasteiger charge is -2.37. The second kappa shape index (κ2) is 6.98. The predicted molar refractivity (Wildman–Crippen MR) is 86.5 cm³/mol. The summed E-state index contributed by atoms with van der Waals surface area (Å²) in [6, 6.07) is 1.32. The fourth-order valence-corrected chi connectivity index (χ4v) is 3.65. The molecule has 2 N–H and O–H groups in total. The van der Waals surface area contributed by atoms with Crippen LogP contribution < -0.4 is 10.6 Å². The molecule has 23 heavy (non-hydrogen) atoms. The van der Waals surface area contributed by atoms with Crippen molar-refractivity contribution in [1.82, 2.24) is 14.8 Å². The van der Waals surface area contributed by atoms with E-state index in [4.69, 9.17) is 4.52 Å². The number of piperidine rings is 1. The molecule has 9 heteroatoms. The van der Waals surface area contributed by atoms with Crippen molar-refractivity contribution in [3.05, 3.63) is 11.8 Å². The number of hydrogen-bond donors (Lipinski definition) is 2. The SMILES string of the molecule is Cc1cc(NC(=O)[C@H](C)N[C@H]2CCN(S(C)(=O)=O)C[C@@H]2C)on1. The molecule has 0 bridgehead atoms. The Morgan fingerprint density at radius 3 is 2.74 bits per heavy atom. The molecule has 0 radical (unpaired) electrons. The van der Waals surface area contributed by atoms with Gasteiger partial charge in [-0.05, 0) is 26.2 Å². The standard InChI is InChI=1S/C14H24N4O4S/c1-9-8-18(23(4,20)21)6-5-12(9)15-11(3)14(19)16-13-7-10(2)17-22-13/h7,9,11-12,15H,5-6,8H2,1-4H3,(H,16,19)/t9-,11-,12-/m0/s1. The summed E-state index contributed by atoms with van der Waals surface area (Å²) in [5.74, 6) is 0.237. The zero-order valence-electron chi connectivity index (χ0n) is 13.9. The Hall–Kier alpha value is -1.45. The van der Waals surface area contributed by atoms with Gasteiger partial charge in [-0.25, -0.2) is 12.7 Å². The normalized spacial score (nSPS) is 24.3. The molecule has 0 aliphatic carbocycles. The van der Waals surface area contributed by atoms with Gasteiger partial charge in [0.2, 0.25) is 21.8 Å². The molecule has 130 valence electrons. The first-order chi connectivity index (χ1) is 10.7. The molecule has 1 fully saturated rings. The summed E-state index contributed by atoms with van der Waals surface area (Å²) in [5, 5.41) is 9.65. The number of amides is 1. The number of aryl methyl sites for hydroxylation is 1. The first kappa shape index (κ1) is 17.9. The number of carbonyl (C=O) groups is 1. The van der Waals surface area contributed by atoms with E-state index < -0.39 is 16.1 Å². The molecule has 8 nitrogen and oxygen atoms in total. The number of aromatic nitrogens is 1. The van der Waals surface area contributed by atoms with Gasteiger partial charge in [-0.3, -0.25) is 10.1 Å². The van der Waals surface area contributed by atoms with Crippen molar-refractivity contribution >= 4 is 21.8 Å². The van der Waals surface area contributed by atoms with E-state index in [1.807, 2.05) is 6.92 Å². The quantitative estimate of drug-likeness (QED) is 0.809. The highest BCUT2D eigenvalue weighted by Crippen LogP contribution is 2.19. The molecule has 0 unspecified atom stereocenters. The molecule has 0 aromatic carbocycles. The molecular formula is C14H24N4O4S. The number of sulfonamides is 1. The lowest BCUT2D eigenvalue weighted by Crippen LogP contribution is -2.53. The van der Waals surface area contributed by atoms with Gasteiger partial charge in [0.1, 0.15) is 0 Å². The third kappa shape index (κ3) is 4.76.